The third-order valence-corrected chi connectivity index (χ3v) is 6.99. The minimum atomic E-state index is -1.32. The van der Waals surface area contributed by atoms with E-state index in [1.54, 1.807) is 6.07 Å². The van der Waals surface area contributed by atoms with Crippen molar-refractivity contribution in [1.29, 1.82) is 0 Å². The fourth-order valence-electron chi connectivity index (χ4n) is 4.17. The Morgan fingerprint density at radius 3 is 1.86 bits per heavy atom. The standard InChI is InChI=1S/C29H19N3O4S/c1-30-27-26(28(35)31(29(27)36)18-25(33)34)24-17-16-23(37-24)19-12-14-22(15-13-19)32(20-8-4-2-5-9-20)21-10-6-3-7-11-21/h2-17H,18H2,(H,33,34). The number of hydrogen-bond donors (Lipinski definition) is 1. The highest BCUT2D eigenvalue weighted by molar-refractivity contribution is 7.17. The Balaban J connectivity index is 1.46. The summed E-state index contributed by atoms with van der Waals surface area (Å²) in [6.07, 6.45) is 0. The largest absolute Gasteiger partial charge is 0.480 e. The number of carbonyl (C=O) groups is 3. The van der Waals surface area contributed by atoms with Crippen LogP contribution in [0.15, 0.2) is 103 Å². The summed E-state index contributed by atoms with van der Waals surface area (Å²) >= 11 is 1.27. The third-order valence-electron chi connectivity index (χ3n) is 5.84. The van der Waals surface area contributed by atoms with E-state index in [0.717, 1.165) is 27.5 Å². The highest BCUT2D eigenvalue weighted by atomic mass is 32.1. The molecule has 37 heavy (non-hydrogen) atoms. The number of amides is 2. The molecule has 0 atom stereocenters. The molecule has 1 N–H and O–H groups in total. The van der Waals surface area contributed by atoms with Gasteiger partial charge in [-0.25, -0.2) is 4.85 Å². The Hall–Kier alpha value is -5.00. The van der Waals surface area contributed by atoms with Gasteiger partial charge in [0.15, 0.2) is 0 Å². The maximum Gasteiger partial charge on any atom is 0.323 e. The summed E-state index contributed by atoms with van der Waals surface area (Å²) in [4.78, 5) is 43.6. The molecule has 2 heterocycles. The van der Waals surface area contributed by atoms with Gasteiger partial charge in [0.05, 0.1) is 12.1 Å². The minimum Gasteiger partial charge on any atom is -0.480 e. The van der Waals surface area contributed by atoms with E-state index < -0.39 is 24.3 Å². The second-order valence-corrected chi connectivity index (χ2v) is 9.23. The Morgan fingerprint density at radius 2 is 1.32 bits per heavy atom. The Bertz CT molecular complexity index is 1530. The molecule has 0 spiro atoms. The number of imide groups is 1. The highest BCUT2D eigenvalue weighted by Crippen LogP contribution is 2.39. The van der Waals surface area contributed by atoms with Gasteiger partial charge in [0.2, 0.25) is 0 Å². The van der Waals surface area contributed by atoms with Gasteiger partial charge in [-0.05, 0) is 54.1 Å². The number of carbonyl (C=O) groups excluding carboxylic acids is 2. The molecule has 0 bridgehead atoms. The van der Waals surface area contributed by atoms with E-state index in [-0.39, 0.29) is 11.3 Å². The average Bonchev–Trinajstić information content (AvgIpc) is 3.49. The molecule has 2 amide bonds. The van der Waals surface area contributed by atoms with Crippen molar-refractivity contribution in [2.24, 2.45) is 0 Å². The first-order valence-electron chi connectivity index (χ1n) is 11.3. The quantitative estimate of drug-likeness (QED) is 0.247. The van der Waals surface area contributed by atoms with Crippen LogP contribution in [-0.2, 0) is 14.4 Å². The summed E-state index contributed by atoms with van der Waals surface area (Å²) in [6.45, 7) is 6.59. The van der Waals surface area contributed by atoms with Gasteiger partial charge in [0.25, 0.3) is 17.5 Å². The normalized spacial score (nSPS) is 13.1. The lowest BCUT2D eigenvalue weighted by Gasteiger charge is -2.25. The molecule has 1 aromatic heterocycles. The first-order valence-corrected chi connectivity index (χ1v) is 12.1. The SMILES string of the molecule is [C-]#[N+]C1=C(c2ccc(-c3ccc(N(c4ccccc4)c4ccccc4)cc3)s2)C(=O)N(CC(=O)O)C1=O. The fourth-order valence-corrected chi connectivity index (χ4v) is 5.22. The van der Waals surface area contributed by atoms with Gasteiger partial charge in [0.1, 0.15) is 6.54 Å². The zero-order chi connectivity index (χ0) is 25.9. The van der Waals surface area contributed by atoms with Gasteiger partial charge in [-0.2, -0.15) is 0 Å². The van der Waals surface area contributed by atoms with Crippen molar-refractivity contribution in [3.05, 3.63) is 119 Å². The summed E-state index contributed by atoms with van der Waals surface area (Å²) in [6, 6.07) is 31.6. The molecule has 3 aromatic carbocycles. The van der Waals surface area contributed by atoms with Crippen LogP contribution in [0.2, 0.25) is 0 Å². The van der Waals surface area contributed by atoms with Crippen LogP contribution in [-0.4, -0.2) is 34.3 Å². The predicted molar refractivity (Wildman–Crippen MR) is 142 cm³/mol. The number of hydrogen-bond acceptors (Lipinski definition) is 5. The average molecular weight is 506 g/mol. The Kier molecular flexibility index (Phi) is 6.37. The van der Waals surface area contributed by atoms with Gasteiger partial charge < -0.3 is 10.0 Å². The van der Waals surface area contributed by atoms with Crippen LogP contribution in [0.4, 0.5) is 17.1 Å². The minimum absolute atomic E-state index is 0.0477. The summed E-state index contributed by atoms with van der Waals surface area (Å²) in [5, 5.41) is 9.04. The molecule has 8 heteroatoms. The summed E-state index contributed by atoms with van der Waals surface area (Å²) in [5.74, 6) is -2.96. The summed E-state index contributed by atoms with van der Waals surface area (Å²) in [5.41, 5.74) is 3.52. The molecule has 1 aliphatic heterocycles. The first-order chi connectivity index (χ1) is 18.0. The van der Waals surface area contributed by atoms with Crippen molar-refractivity contribution >= 4 is 51.8 Å². The number of benzene rings is 3. The second-order valence-electron chi connectivity index (χ2n) is 8.14. The lowest BCUT2D eigenvalue weighted by molar-refractivity contribution is -0.147. The molecule has 0 saturated carbocycles. The van der Waals surface area contributed by atoms with Crippen LogP contribution < -0.4 is 4.90 Å². The molecular formula is C29H19N3O4S. The van der Waals surface area contributed by atoms with Gasteiger partial charge in [-0.15, -0.1) is 11.3 Å². The summed E-state index contributed by atoms with van der Waals surface area (Å²) in [7, 11) is 0. The van der Waals surface area contributed by atoms with E-state index in [2.05, 4.69) is 9.74 Å². The van der Waals surface area contributed by atoms with E-state index in [4.69, 9.17) is 11.7 Å². The molecule has 4 aromatic rings. The lowest BCUT2D eigenvalue weighted by Crippen LogP contribution is -2.36. The number of para-hydroxylation sites is 2. The van der Waals surface area contributed by atoms with Crippen LogP contribution in [0.1, 0.15) is 4.88 Å². The maximum atomic E-state index is 12.8. The molecule has 7 nitrogen and oxygen atoms in total. The van der Waals surface area contributed by atoms with E-state index in [1.807, 2.05) is 91.0 Å². The predicted octanol–water partition coefficient (Wildman–Crippen LogP) is 5.97. The van der Waals surface area contributed by atoms with Gasteiger partial charge in [-0.3, -0.25) is 19.3 Å². The number of nitrogens with zero attached hydrogens (tertiary/aromatic N) is 3. The first kappa shape index (κ1) is 23.7. The molecule has 0 unspecified atom stereocenters. The number of carboxylic acids is 1. The third kappa shape index (κ3) is 4.51. The summed E-state index contributed by atoms with van der Waals surface area (Å²) < 4.78 is 0. The fraction of sp³-hybridized carbons (Fsp3) is 0.0345. The van der Waals surface area contributed by atoms with Crippen molar-refractivity contribution in [2.75, 3.05) is 11.4 Å². The van der Waals surface area contributed by atoms with Crippen molar-refractivity contribution in [3.63, 3.8) is 0 Å². The molecule has 180 valence electrons. The van der Waals surface area contributed by atoms with Crippen molar-refractivity contribution in [3.8, 4) is 10.4 Å². The van der Waals surface area contributed by atoms with Gasteiger partial charge >= 0.3 is 5.97 Å². The monoisotopic (exact) mass is 505 g/mol. The number of rotatable bonds is 7. The van der Waals surface area contributed by atoms with E-state index in [0.29, 0.717) is 9.78 Å². The Morgan fingerprint density at radius 1 is 0.784 bits per heavy atom. The highest BCUT2D eigenvalue weighted by Gasteiger charge is 2.41. The zero-order valence-corrected chi connectivity index (χ0v) is 20.2. The number of aliphatic carboxylic acids is 1. The molecule has 0 saturated heterocycles. The van der Waals surface area contributed by atoms with Gasteiger partial charge in [-0.1, -0.05) is 48.5 Å². The second kappa shape index (κ2) is 9.93. The number of thiophene rings is 1. The van der Waals surface area contributed by atoms with E-state index in [1.165, 1.54) is 11.3 Å². The molecule has 5 rings (SSSR count). The number of anilines is 3. The Labute approximate surface area is 217 Å². The topological polar surface area (TPSA) is 82.3 Å². The van der Waals surface area contributed by atoms with Crippen molar-refractivity contribution in [1.82, 2.24) is 4.90 Å². The van der Waals surface area contributed by atoms with Crippen molar-refractivity contribution in [2.45, 2.75) is 0 Å². The molecular weight excluding hydrogens is 486 g/mol. The molecule has 1 aliphatic rings. The van der Waals surface area contributed by atoms with Crippen LogP contribution in [0.5, 0.6) is 0 Å². The smallest absolute Gasteiger partial charge is 0.323 e. The van der Waals surface area contributed by atoms with Crippen LogP contribution in [0.25, 0.3) is 20.9 Å². The molecule has 0 aliphatic carbocycles. The van der Waals surface area contributed by atoms with Crippen LogP contribution >= 0.6 is 11.3 Å². The van der Waals surface area contributed by atoms with E-state index >= 15 is 0 Å². The number of carboxylic acid groups (broad SMARTS) is 1. The van der Waals surface area contributed by atoms with E-state index in [9.17, 15) is 14.4 Å². The van der Waals surface area contributed by atoms with Crippen LogP contribution in [0, 0.1) is 6.57 Å². The van der Waals surface area contributed by atoms with Crippen molar-refractivity contribution < 1.29 is 19.5 Å². The zero-order valence-electron chi connectivity index (χ0n) is 19.4. The maximum absolute atomic E-state index is 12.8. The van der Waals surface area contributed by atoms with Crippen LogP contribution in [0.3, 0.4) is 0 Å². The van der Waals surface area contributed by atoms with Gasteiger partial charge in [0, 0.05) is 26.8 Å². The lowest BCUT2D eigenvalue weighted by atomic mass is 10.1. The molecule has 0 fully saturated rings. The molecule has 0 radical (unpaired) electrons.